The first-order chi connectivity index (χ1) is 9.51. The monoisotopic (exact) mass is 313 g/mol. The second-order valence-corrected chi connectivity index (χ2v) is 5.20. The summed E-state index contributed by atoms with van der Waals surface area (Å²) in [5, 5.41) is 3.92. The van der Waals surface area contributed by atoms with Crippen LogP contribution < -0.4 is 10.1 Å². The average Bonchev–Trinajstić information content (AvgIpc) is 2.43. The average molecular weight is 314 g/mol. The zero-order valence-electron chi connectivity index (χ0n) is 11.1. The Hall–Kier alpha value is -1.45. The largest absolute Gasteiger partial charge is 0.495 e. The molecule has 2 aromatic rings. The fourth-order valence-electron chi connectivity index (χ4n) is 1.86. The maximum atomic E-state index is 13.5. The molecule has 2 aromatic carbocycles. The third kappa shape index (κ3) is 3.35. The van der Waals surface area contributed by atoms with Crippen LogP contribution in [0.25, 0.3) is 0 Å². The van der Waals surface area contributed by atoms with Gasteiger partial charge in [0.05, 0.1) is 17.2 Å². The highest BCUT2D eigenvalue weighted by molar-refractivity contribution is 6.32. The summed E-state index contributed by atoms with van der Waals surface area (Å²) < 4.78 is 18.6. The van der Waals surface area contributed by atoms with Crippen molar-refractivity contribution in [1.29, 1.82) is 0 Å². The van der Waals surface area contributed by atoms with E-state index in [9.17, 15) is 4.39 Å². The molecule has 0 spiro atoms. The predicted octanol–water partition coefficient (Wildman–Crippen LogP) is 5.31. The summed E-state index contributed by atoms with van der Waals surface area (Å²) in [7, 11) is 1.56. The second kappa shape index (κ2) is 6.33. The van der Waals surface area contributed by atoms with E-state index >= 15 is 0 Å². The van der Waals surface area contributed by atoms with Crippen molar-refractivity contribution in [3.63, 3.8) is 0 Å². The van der Waals surface area contributed by atoms with Crippen molar-refractivity contribution in [2.24, 2.45) is 0 Å². The highest BCUT2D eigenvalue weighted by Crippen LogP contribution is 2.29. The van der Waals surface area contributed by atoms with Crippen LogP contribution in [0.4, 0.5) is 10.1 Å². The van der Waals surface area contributed by atoms with Gasteiger partial charge in [-0.05, 0) is 36.8 Å². The lowest BCUT2D eigenvalue weighted by atomic mass is 10.1. The smallest absolute Gasteiger partial charge is 0.142 e. The Morgan fingerprint density at radius 1 is 1.10 bits per heavy atom. The van der Waals surface area contributed by atoms with Crippen LogP contribution in [-0.4, -0.2) is 7.11 Å². The van der Waals surface area contributed by atoms with Gasteiger partial charge in [-0.3, -0.25) is 0 Å². The van der Waals surface area contributed by atoms with Crippen molar-refractivity contribution in [2.45, 2.75) is 13.0 Å². The van der Waals surface area contributed by atoms with E-state index < -0.39 is 5.82 Å². The topological polar surface area (TPSA) is 21.3 Å². The van der Waals surface area contributed by atoms with Crippen LogP contribution in [0.2, 0.25) is 10.0 Å². The van der Waals surface area contributed by atoms with Gasteiger partial charge in [0.1, 0.15) is 11.6 Å². The van der Waals surface area contributed by atoms with Crippen molar-refractivity contribution in [2.75, 3.05) is 12.4 Å². The van der Waals surface area contributed by atoms with Crippen LogP contribution in [0.1, 0.15) is 18.5 Å². The second-order valence-electron chi connectivity index (χ2n) is 4.39. The minimum atomic E-state index is -0.425. The van der Waals surface area contributed by atoms with Gasteiger partial charge in [0, 0.05) is 17.8 Å². The molecule has 1 N–H and O–H groups in total. The lowest BCUT2D eigenvalue weighted by Crippen LogP contribution is -2.07. The molecular weight excluding hydrogens is 300 g/mol. The molecule has 2 nitrogen and oxygen atoms in total. The van der Waals surface area contributed by atoms with Crippen molar-refractivity contribution in [3.05, 3.63) is 57.8 Å². The summed E-state index contributed by atoms with van der Waals surface area (Å²) in [5.74, 6) is 0.164. The molecule has 20 heavy (non-hydrogen) atoms. The Bertz CT molecular complexity index is 619. The number of ether oxygens (including phenoxy) is 1. The Morgan fingerprint density at radius 2 is 1.80 bits per heavy atom. The van der Waals surface area contributed by atoms with Crippen molar-refractivity contribution in [3.8, 4) is 5.75 Å². The molecule has 0 aromatic heterocycles. The number of hydrogen-bond acceptors (Lipinski definition) is 2. The maximum absolute atomic E-state index is 13.5. The summed E-state index contributed by atoms with van der Waals surface area (Å²) in [6.07, 6.45) is 0. The van der Waals surface area contributed by atoms with E-state index in [0.717, 1.165) is 11.3 Å². The summed E-state index contributed by atoms with van der Waals surface area (Å²) >= 11 is 11.6. The van der Waals surface area contributed by atoms with E-state index in [1.807, 2.05) is 13.0 Å². The summed E-state index contributed by atoms with van der Waals surface area (Å²) in [6, 6.07) is 10.1. The van der Waals surface area contributed by atoms with Gasteiger partial charge in [0.15, 0.2) is 0 Å². The number of anilines is 1. The number of nitrogens with one attached hydrogen (secondary N) is 1. The predicted molar refractivity (Wildman–Crippen MR) is 81.5 cm³/mol. The fourth-order valence-corrected chi connectivity index (χ4v) is 2.18. The molecule has 2 rings (SSSR count). The standard InChI is InChI=1S/C15H14Cl2FNO/c1-9(10-3-5-12(16)14(18)7-10)19-11-4-6-13(17)15(8-11)20-2/h3-9,19H,1-2H3. The Labute approximate surface area is 127 Å². The van der Waals surface area contributed by atoms with Crippen molar-refractivity contribution in [1.82, 2.24) is 0 Å². The first kappa shape index (κ1) is 14.9. The highest BCUT2D eigenvalue weighted by atomic mass is 35.5. The zero-order valence-corrected chi connectivity index (χ0v) is 12.6. The van der Waals surface area contributed by atoms with Gasteiger partial charge >= 0.3 is 0 Å². The van der Waals surface area contributed by atoms with Crippen LogP contribution in [0.15, 0.2) is 36.4 Å². The van der Waals surface area contributed by atoms with Gasteiger partial charge in [0.2, 0.25) is 0 Å². The fraction of sp³-hybridized carbons (Fsp3) is 0.200. The quantitative estimate of drug-likeness (QED) is 0.825. The number of rotatable bonds is 4. The SMILES string of the molecule is COc1cc(NC(C)c2ccc(Cl)c(F)c2)ccc1Cl. The molecule has 0 fully saturated rings. The van der Waals surface area contributed by atoms with Crippen LogP contribution in [0.3, 0.4) is 0 Å². The van der Waals surface area contributed by atoms with Crippen LogP contribution in [0.5, 0.6) is 5.75 Å². The molecule has 0 aliphatic heterocycles. The Morgan fingerprint density at radius 3 is 2.45 bits per heavy atom. The van der Waals surface area contributed by atoms with E-state index in [4.69, 9.17) is 27.9 Å². The number of methoxy groups -OCH3 is 1. The van der Waals surface area contributed by atoms with Gasteiger partial charge < -0.3 is 10.1 Å². The maximum Gasteiger partial charge on any atom is 0.142 e. The molecule has 0 saturated carbocycles. The lowest BCUT2D eigenvalue weighted by Gasteiger charge is -2.17. The van der Waals surface area contributed by atoms with E-state index in [-0.39, 0.29) is 11.1 Å². The highest BCUT2D eigenvalue weighted by Gasteiger charge is 2.09. The normalized spacial score (nSPS) is 12.1. The molecular formula is C15H14Cl2FNO. The summed E-state index contributed by atoms with van der Waals surface area (Å²) in [6.45, 7) is 1.93. The minimum absolute atomic E-state index is 0.0763. The molecule has 1 atom stereocenters. The van der Waals surface area contributed by atoms with E-state index in [2.05, 4.69) is 5.32 Å². The third-order valence-corrected chi connectivity index (χ3v) is 3.60. The molecule has 0 aliphatic rings. The molecule has 5 heteroatoms. The molecule has 0 radical (unpaired) electrons. The first-order valence-corrected chi connectivity index (χ1v) is 6.82. The first-order valence-electron chi connectivity index (χ1n) is 6.06. The van der Waals surface area contributed by atoms with Crippen LogP contribution in [0, 0.1) is 5.82 Å². The summed E-state index contributed by atoms with van der Waals surface area (Å²) in [4.78, 5) is 0. The molecule has 0 aliphatic carbocycles. The van der Waals surface area contributed by atoms with Crippen LogP contribution in [-0.2, 0) is 0 Å². The van der Waals surface area contributed by atoms with E-state index in [1.165, 1.54) is 6.07 Å². The van der Waals surface area contributed by atoms with Gasteiger partial charge in [-0.1, -0.05) is 29.3 Å². The Kier molecular flexibility index (Phi) is 4.73. The van der Waals surface area contributed by atoms with Crippen molar-refractivity contribution >= 4 is 28.9 Å². The molecule has 0 bridgehead atoms. The molecule has 0 saturated heterocycles. The van der Waals surface area contributed by atoms with E-state index in [1.54, 1.807) is 31.4 Å². The Balaban J connectivity index is 2.18. The van der Waals surface area contributed by atoms with Gasteiger partial charge in [-0.2, -0.15) is 0 Å². The molecule has 0 heterocycles. The van der Waals surface area contributed by atoms with Gasteiger partial charge in [-0.15, -0.1) is 0 Å². The van der Waals surface area contributed by atoms with Gasteiger partial charge in [-0.25, -0.2) is 4.39 Å². The number of benzene rings is 2. The summed E-state index contributed by atoms with van der Waals surface area (Å²) in [5.41, 5.74) is 1.65. The van der Waals surface area contributed by atoms with Crippen molar-refractivity contribution < 1.29 is 9.13 Å². The number of halogens is 3. The van der Waals surface area contributed by atoms with Gasteiger partial charge in [0.25, 0.3) is 0 Å². The minimum Gasteiger partial charge on any atom is -0.495 e. The zero-order chi connectivity index (χ0) is 14.7. The molecule has 106 valence electrons. The van der Waals surface area contributed by atoms with E-state index in [0.29, 0.717) is 10.8 Å². The van der Waals surface area contributed by atoms with Crippen LogP contribution >= 0.6 is 23.2 Å². The number of hydrogen-bond donors (Lipinski definition) is 1. The third-order valence-electron chi connectivity index (χ3n) is 2.98. The molecule has 1 unspecified atom stereocenters. The molecule has 0 amide bonds. The lowest BCUT2D eigenvalue weighted by molar-refractivity contribution is 0.415.